The van der Waals surface area contributed by atoms with Crippen molar-refractivity contribution in [3.8, 4) is 0 Å². The zero-order valence-corrected chi connectivity index (χ0v) is 9.32. The summed E-state index contributed by atoms with van der Waals surface area (Å²) in [4.78, 5) is 31.2. The molecule has 0 aliphatic heterocycles. The SMILES string of the molecule is CC(C(=O)NN)c1ccc([N+](=O)[O-])cc1[N+](=O)[O-]. The Morgan fingerprint density at radius 1 is 1.33 bits per heavy atom. The van der Waals surface area contributed by atoms with Gasteiger partial charge in [0.1, 0.15) is 0 Å². The van der Waals surface area contributed by atoms with Crippen molar-refractivity contribution in [3.63, 3.8) is 0 Å². The molecule has 1 aromatic rings. The van der Waals surface area contributed by atoms with Crippen molar-refractivity contribution in [3.05, 3.63) is 44.0 Å². The first-order valence-electron chi connectivity index (χ1n) is 4.81. The van der Waals surface area contributed by atoms with Crippen molar-refractivity contribution >= 4 is 17.3 Å². The van der Waals surface area contributed by atoms with Crippen molar-refractivity contribution in [2.45, 2.75) is 12.8 Å². The van der Waals surface area contributed by atoms with Crippen LogP contribution in [-0.4, -0.2) is 15.8 Å². The van der Waals surface area contributed by atoms with Gasteiger partial charge in [-0.15, -0.1) is 0 Å². The molecular formula is C9H10N4O5. The summed E-state index contributed by atoms with van der Waals surface area (Å²) in [5.41, 5.74) is 1.04. The van der Waals surface area contributed by atoms with E-state index in [1.165, 1.54) is 13.0 Å². The number of amides is 1. The van der Waals surface area contributed by atoms with Crippen molar-refractivity contribution in [2.75, 3.05) is 0 Å². The molecular weight excluding hydrogens is 244 g/mol. The first-order valence-corrected chi connectivity index (χ1v) is 4.81. The molecule has 18 heavy (non-hydrogen) atoms. The molecule has 0 aromatic heterocycles. The third-order valence-corrected chi connectivity index (χ3v) is 2.42. The van der Waals surface area contributed by atoms with Gasteiger partial charge in [-0.05, 0) is 13.0 Å². The van der Waals surface area contributed by atoms with E-state index < -0.39 is 33.0 Å². The molecule has 0 heterocycles. The Kier molecular flexibility index (Phi) is 3.89. The van der Waals surface area contributed by atoms with Crippen molar-refractivity contribution in [2.24, 2.45) is 5.84 Å². The predicted molar refractivity (Wildman–Crippen MR) is 60.5 cm³/mol. The topological polar surface area (TPSA) is 141 Å². The lowest BCUT2D eigenvalue weighted by molar-refractivity contribution is -0.394. The highest BCUT2D eigenvalue weighted by molar-refractivity contribution is 5.84. The van der Waals surface area contributed by atoms with Crippen molar-refractivity contribution in [1.82, 2.24) is 5.43 Å². The molecule has 0 aliphatic rings. The van der Waals surface area contributed by atoms with Crippen molar-refractivity contribution < 1.29 is 14.6 Å². The molecule has 1 amide bonds. The maximum absolute atomic E-state index is 11.3. The predicted octanol–water partition coefficient (Wildman–Crippen LogP) is 0.596. The number of rotatable bonds is 4. The van der Waals surface area contributed by atoms with E-state index in [1.807, 2.05) is 5.43 Å². The standard InChI is InChI=1S/C9H10N4O5/c1-5(9(14)11-10)7-3-2-6(12(15)16)4-8(7)13(17)18/h2-5H,10H2,1H3,(H,11,14). The normalized spacial score (nSPS) is 11.7. The maximum Gasteiger partial charge on any atom is 0.280 e. The van der Waals surface area contributed by atoms with Gasteiger partial charge in [-0.25, -0.2) is 5.84 Å². The van der Waals surface area contributed by atoms with E-state index in [0.717, 1.165) is 12.1 Å². The first-order chi connectivity index (χ1) is 8.38. The van der Waals surface area contributed by atoms with E-state index >= 15 is 0 Å². The summed E-state index contributed by atoms with van der Waals surface area (Å²) in [5.74, 6) is 3.44. The Morgan fingerprint density at radius 2 is 1.94 bits per heavy atom. The third kappa shape index (κ3) is 2.58. The molecule has 9 nitrogen and oxygen atoms in total. The number of nitrogens with two attached hydrogens (primary N) is 1. The molecule has 9 heteroatoms. The monoisotopic (exact) mass is 254 g/mol. The largest absolute Gasteiger partial charge is 0.294 e. The van der Waals surface area contributed by atoms with Crippen LogP contribution in [0.3, 0.4) is 0 Å². The average molecular weight is 254 g/mol. The lowest BCUT2D eigenvalue weighted by Crippen LogP contribution is -2.33. The van der Waals surface area contributed by atoms with Crippen LogP contribution in [0.15, 0.2) is 18.2 Å². The molecule has 0 spiro atoms. The second-order valence-corrected chi connectivity index (χ2v) is 3.49. The summed E-state index contributed by atoms with van der Waals surface area (Å²) in [6.07, 6.45) is 0. The van der Waals surface area contributed by atoms with Gasteiger partial charge in [0.2, 0.25) is 5.91 Å². The Bertz CT molecular complexity index is 516. The van der Waals surface area contributed by atoms with Crippen LogP contribution < -0.4 is 11.3 Å². The molecule has 1 unspecified atom stereocenters. The summed E-state index contributed by atoms with van der Waals surface area (Å²) < 4.78 is 0. The number of nitrogens with one attached hydrogen (secondary N) is 1. The third-order valence-electron chi connectivity index (χ3n) is 2.42. The number of nitro groups is 2. The number of non-ortho nitro benzene ring substituents is 1. The molecule has 3 N–H and O–H groups in total. The van der Waals surface area contributed by atoms with Crippen LogP contribution in [0, 0.1) is 20.2 Å². The molecule has 0 aliphatic carbocycles. The summed E-state index contributed by atoms with van der Waals surface area (Å²) >= 11 is 0. The Hall–Kier alpha value is -2.55. The van der Waals surface area contributed by atoms with E-state index in [-0.39, 0.29) is 5.56 Å². The highest BCUT2D eigenvalue weighted by Gasteiger charge is 2.26. The van der Waals surface area contributed by atoms with Crippen LogP contribution in [0.25, 0.3) is 0 Å². The van der Waals surface area contributed by atoms with Gasteiger partial charge in [-0.2, -0.15) is 0 Å². The highest BCUT2D eigenvalue weighted by Crippen LogP contribution is 2.30. The zero-order chi connectivity index (χ0) is 13.9. The van der Waals surface area contributed by atoms with E-state index in [4.69, 9.17) is 5.84 Å². The summed E-state index contributed by atoms with van der Waals surface area (Å²) in [6.45, 7) is 1.41. The van der Waals surface area contributed by atoms with Gasteiger partial charge in [-0.3, -0.25) is 30.4 Å². The van der Waals surface area contributed by atoms with E-state index in [9.17, 15) is 25.0 Å². The van der Waals surface area contributed by atoms with E-state index in [0.29, 0.717) is 0 Å². The number of carbonyl (C=O) groups is 1. The fraction of sp³-hybridized carbons (Fsp3) is 0.222. The zero-order valence-electron chi connectivity index (χ0n) is 9.32. The summed E-state index contributed by atoms with van der Waals surface area (Å²) in [7, 11) is 0. The van der Waals surface area contributed by atoms with Gasteiger partial charge in [0.15, 0.2) is 0 Å². The average Bonchev–Trinajstić information content (AvgIpc) is 2.35. The van der Waals surface area contributed by atoms with Gasteiger partial charge < -0.3 is 0 Å². The van der Waals surface area contributed by atoms with Gasteiger partial charge in [-0.1, -0.05) is 0 Å². The van der Waals surface area contributed by atoms with E-state index in [2.05, 4.69) is 0 Å². The number of carbonyl (C=O) groups excluding carboxylic acids is 1. The first kappa shape index (κ1) is 13.5. The van der Waals surface area contributed by atoms with Gasteiger partial charge in [0.25, 0.3) is 11.4 Å². The Labute approximate surface area is 101 Å². The molecule has 0 saturated heterocycles. The molecule has 1 aromatic carbocycles. The van der Waals surface area contributed by atoms with Crippen molar-refractivity contribution in [1.29, 1.82) is 0 Å². The minimum atomic E-state index is -0.879. The number of nitrogens with zero attached hydrogens (tertiary/aromatic N) is 2. The molecule has 96 valence electrons. The fourth-order valence-electron chi connectivity index (χ4n) is 1.44. The minimum absolute atomic E-state index is 0.0635. The maximum atomic E-state index is 11.3. The van der Waals surface area contributed by atoms with Crippen LogP contribution in [0.2, 0.25) is 0 Å². The van der Waals surface area contributed by atoms with Crippen LogP contribution >= 0.6 is 0 Å². The fourth-order valence-corrected chi connectivity index (χ4v) is 1.44. The summed E-state index contributed by atoms with van der Waals surface area (Å²) in [5, 5.41) is 21.4. The van der Waals surface area contributed by atoms with Gasteiger partial charge >= 0.3 is 0 Å². The van der Waals surface area contributed by atoms with Crippen LogP contribution in [0.5, 0.6) is 0 Å². The molecule has 1 atom stereocenters. The smallest absolute Gasteiger partial charge is 0.280 e. The van der Waals surface area contributed by atoms with Crippen LogP contribution in [0.1, 0.15) is 18.4 Å². The number of nitro benzene ring substituents is 2. The molecule has 0 radical (unpaired) electrons. The lowest BCUT2D eigenvalue weighted by Gasteiger charge is -2.10. The van der Waals surface area contributed by atoms with Gasteiger partial charge in [0.05, 0.1) is 21.8 Å². The lowest BCUT2D eigenvalue weighted by atomic mass is 9.98. The Balaban J connectivity index is 3.32. The number of hydrogen-bond donors (Lipinski definition) is 2. The molecule has 1 rings (SSSR count). The van der Waals surface area contributed by atoms with E-state index in [1.54, 1.807) is 0 Å². The molecule has 0 bridgehead atoms. The highest BCUT2D eigenvalue weighted by atomic mass is 16.6. The quantitative estimate of drug-likeness (QED) is 0.348. The second kappa shape index (κ2) is 5.19. The van der Waals surface area contributed by atoms with Gasteiger partial charge in [0, 0.05) is 11.6 Å². The summed E-state index contributed by atoms with van der Waals surface area (Å²) in [6, 6.07) is 3.09. The minimum Gasteiger partial charge on any atom is -0.294 e. The van der Waals surface area contributed by atoms with Crippen LogP contribution in [-0.2, 0) is 4.79 Å². The molecule has 0 saturated carbocycles. The van der Waals surface area contributed by atoms with Crippen LogP contribution in [0.4, 0.5) is 11.4 Å². The number of hydrazine groups is 1. The number of hydrogen-bond acceptors (Lipinski definition) is 6. The number of benzene rings is 1. The second-order valence-electron chi connectivity index (χ2n) is 3.49. The molecule has 0 fully saturated rings. The Morgan fingerprint density at radius 3 is 2.39 bits per heavy atom.